The van der Waals surface area contributed by atoms with Gasteiger partial charge in [-0.1, -0.05) is 69.7 Å². The van der Waals surface area contributed by atoms with Crippen molar-refractivity contribution in [3.8, 4) is 0 Å². The van der Waals surface area contributed by atoms with Gasteiger partial charge in [-0.3, -0.25) is 14.5 Å². The van der Waals surface area contributed by atoms with Crippen LogP contribution in [0.3, 0.4) is 0 Å². The summed E-state index contributed by atoms with van der Waals surface area (Å²) in [5.74, 6) is -0.531. The molecular formula is C24H37N3O2. The summed E-state index contributed by atoms with van der Waals surface area (Å²) in [6.07, 6.45) is 6.57. The SMILES string of the molecule is CCCC(C(N)=O)C(CC(C)C)C(=O)N1CCN(CC=Cc2ccccc2)CC1. The smallest absolute Gasteiger partial charge is 0.226 e. The summed E-state index contributed by atoms with van der Waals surface area (Å²) in [7, 11) is 0. The fourth-order valence-electron chi connectivity index (χ4n) is 4.09. The van der Waals surface area contributed by atoms with Crippen molar-refractivity contribution in [3.05, 3.63) is 42.0 Å². The zero-order valence-corrected chi connectivity index (χ0v) is 18.2. The van der Waals surface area contributed by atoms with Crippen molar-refractivity contribution in [1.82, 2.24) is 9.80 Å². The Labute approximate surface area is 175 Å². The molecule has 0 spiro atoms. The predicted molar refractivity (Wildman–Crippen MR) is 119 cm³/mol. The summed E-state index contributed by atoms with van der Waals surface area (Å²) in [6, 6.07) is 10.3. The van der Waals surface area contributed by atoms with Crippen LogP contribution >= 0.6 is 0 Å². The monoisotopic (exact) mass is 399 g/mol. The highest BCUT2D eigenvalue weighted by Gasteiger charge is 2.35. The number of primary amides is 1. The van der Waals surface area contributed by atoms with Crippen molar-refractivity contribution in [2.45, 2.75) is 40.0 Å². The molecule has 2 rings (SSSR count). The van der Waals surface area contributed by atoms with E-state index in [0.717, 1.165) is 26.1 Å². The van der Waals surface area contributed by atoms with Crippen LogP contribution in [0.1, 0.15) is 45.6 Å². The van der Waals surface area contributed by atoms with Gasteiger partial charge in [0.05, 0.1) is 0 Å². The first-order valence-corrected chi connectivity index (χ1v) is 10.9. The van der Waals surface area contributed by atoms with Gasteiger partial charge in [-0.05, 0) is 24.3 Å². The molecule has 0 bridgehead atoms. The number of piperazine rings is 1. The summed E-state index contributed by atoms with van der Waals surface area (Å²) in [5.41, 5.74) is 6.87. The first-order valence-electron chi connectivity index (χ1n) is 10.9. The number of benzene rings is 1. The fraction of sp³-hybridized carbons (Fsp3) is 0.583. The van der Waals surface area contributed by atoms with Crippen LogP contribution in [-0.4, -0.2) is 54.3 Å². The highest BCUT2D eigenvalue weighted by molar-refractivity contribution is 5.87. The van der Waals surface area contributed by atoms with Crippen LogP contribution in [-0.2, 0) is 9.59 Å². The minimum absolute atomic E-state index is 0.107. The number of nitrogens with zero attached hydrogens (tertiary/aromatic N) is 2. The molecule has 1 heterocycles. The van der Waals surface area contributed by atoms with Crippen molar-refractivity contribution in [1.29, 1.82) is 0 Å². The molecule has 1 aliphatic rings. The third-order valence-corrected chi connectivity index (χ3v) is 5.65. The number of carbonyl (C=O) groups is 2. The molecule has 1 fully saturated rings. The number of hydrogen-bond acceptors (Lipinski definition) is 3. The highest BCUT2D eigenvalue weighted by Crippen LogP contribution is 2.27. The lowest BCUT2D eigenvalue weighted by Gasteiger charge is -2.37. The lowest BCUT2D eigenvalue weighted by Crippen LogP contribution is -2.52. The molecule has 160 valence electrons. The minimum Gasteiger partial charge on any atom is -0.369 e. The zero-order chi connectivity index (χ0) is 21.2. The number of amides is 2. The quantitative estimate of drug-likeness (QED) is 0.656. The largest absolute Gasteiger partial charge is 0.369 e. The Kier molecular flexibility index (Phi) is 9.39. The minimum atomic E-state index is -0.360. The number of carbonyl (C=O) groups excluding carboxylic acids is 2. The second-order valence-corrected chi connectivity index (χ2v) is 8.47. The van der Waals surface area contributed by atoms with Crippen LogP contribution in [0.25, 0.3) is 6.08 Å². The summed E-state index contributed by atoms with van der Waals surface area (Å²) in [5, 5.41) is 0. The van der Waals surface area contributed by atoms with E-state index in [4.69, 9.17) is 5.73 Å². The Morgan fingerprint density at radius 1 is 1.07 bits per heavy atom. The summed E-state index contributed by atoms with van der Waals surface area (Å²) >= 11 is 0. The van der Waals surface area contributed by atoms with Gasteiger partial charge >= 0.3 is 0 Å². The first-order chi connectivity index (χ1) is 13.9. The zero-order valence-electron chi connectivity index (χ0n) is 18.2. The predicted octanol–water partition coefficient (Wildman–Crippen LogP) is 3.41. The van der Waals surface area contributed by atoms with Crippen molar-refractivity contribution in [3.63, 3.8) is 0 Å². The van der Waals surface area contributed by atoms with E-state index in [1.165, 1.54) is 5.56 Å². The molecule has 2 N–H and O–H groups in total. The summed E-state index contributed by atoms with van der Waals surface area (Å²) < 4.78 is 0. The molecule has 1 saturated heterocycles. The standard InChI is InChI=1S/C24H37N3O2/c1-4-9-21(23(25)28)22(18-19(2)3)24(29)27-16-14-26(15-17-27)13-8-12-20-10-6-5-7-11-20/h5-8,10-12,19,21-22H,4,9,13-18H2,1-3H3,(H2,25,28). The van der Waals surface area contributed by atoms with E-state index in [1.807, 2.05) is 30.0 Å². The third kappa shape index (κ3) is 7.32. The van der Waals surface area contributed by atoms with Crippen molar-refractivity contribution in [2.24, 2.45) is 23.5 Å². The molecule has 2 atom stereocenters. The molecule has 0 aromatic heterocycles. The molecule has 0 radical (unpaired) electrons. The maximum atomic E-state index is 13.2. The van der Waals surface area contributed by atoms with Gasteiger partial charge in [-0.15, -0.1) is 0 Å². The molecule has 0 saturated carbocycles. The summed E-state index contributed by atoms with van der Waals surface area (Å²) in [4.78, 5) is 29.6. The van der Waals surface area contributed by atoms with E-state index in [-0.39, 0.29) is 23.7 Å². The van der Waals surface area contributed by atoms with Crippen molar-refractivity contribution < 1.29 is 9.59 Å². The van der Waals surface area contributed by atoms with Gasteiger partial charge in [0.2, 0.25) is 11.8 Å². The van der Waals surface area contributed by atoms with Gasteiger partial charge in [0, 0.05) is 44.6 Å². The number of hydrogen-bond donors (Lipinski definition) is 1. The van der Waals surface area contributed by atoms with E-state index in [1.54, 1.807) is 0 Å². The third-order valence-electron chi connectivity index (χ3n) is 5.65. The van der Waals surface area contributed by atoms with Gasteiger partial charge in [0.25, 0.3) is 0 Å². The van der Waals surface area contributed by atoms with Gasteiger partial charge in [-0.25, -0.2) is 0 Å². The second kappa shape index (κ2) is 11.8. The average Bonchev–Trinajstić information content (AvgIpc) is 2.71. The number of nitrogens with two attached hydrogens (primary N) is 1. The molecule has 5 nitrogen and oxygen atoms in total. The molecular weight excluding hydrogens is 362 g/mol. The second-order valence-electron chi connectivity index (χ2n) is 8.47. The molecule has 29 heavy (non-hydrogen) atoms. The normalized spacial score (nSPS) is 17.6. The van der Waals surface area contributed by atoms with Gasteiger partial charge in [0.15, 0.2) is 0 Å². The van der Waals surface area contributed by atoms with Gasteiger partial charge in [0.1, 0.15) is 0 Å². The Bertz CT molecular complexity index is 664. The highest BCUT2D eigenvalue weighted by atomic mass is 16.2. The molecule has 1 aromatic rings. The molecule has 1 aromatic carbocycles. The molecule has 2 unspecified atom stereocenters. The van der Waals surface area contributed by atoms with Crippen LogP contribution in [0, 0.1) is 17.8 Å². The maximum absolute atomic E-state index is 13.2. The molecule has 2 amide bonds. The van der Waals surface area contributed by atoms with Crippen LogP contribution in [0.15, 0.2) is 36.4 Å². The Morgan fingerprint density at radius 3 is 2.28 bits per heavy atom. The van der Waals surface area contributed by atoms with Gasteiger partial charge < -0.3 is 10.6 Å². The van der Waals surface area contributed by atoms with Crippen LogP contribution < -0.4 is 5.73 Å². The fourth-order valence-corrected chi connectivity index (χ4v) is 4.09. The van der Waals surface area contributed by atoms with Crippen molar-refractivity contribution >= 4 is 17.9 Å². The number of rotatable bonds is 10. The van der Waals surface area contributed by atoms with Gasteiger partial charge in [-0.2, -0.15) is 0 Å². The molecule has 1 aliphatic heterocycles. The Hall–Kier alpha value is -2.14. The molecule has 5 heteroatoms. The lowest BCUT2D eigenvalue weighted by atomic mass is 9.81. The maximum Gasteiger partial charge on any atom is 0.226 e. The first kappa shape index (κ1) is 23.1. The van der Waals surface area contributed by atoms with Crippen LogP contribution in [0.2, 0.25) is 0 Å². The van der Waals surface area contributed by atoms with E-state index in [2.05, 4.69) is 43.0 Å². The van der Waals surface area contributed by atoms with Crippen molar-refractivity contribution in [2.75, 3.05) is 32.7 Å². The van der Waals surface area contributed by atoms with E-state index < -0.39 is 0 Å². The van der Waals surface area contributed by atoms with E-state index in [9.17, 15) is 9.59 Å². The van der Waals surface area contributed by atoms with Crippen LogP contribution in [0.5, 0.6) is 0 Å². The van der Waals surface area contributed by atoms with Crippen LogP contribution in [0.4, 0.5) is 0 Å². The molecule has 0 aliphatic carbocycles. The Morgan fingerprint density at radius 2 is 1.72 bits per heavy atom. The topological polar surface area (TPSA) is 66.6 Å². The average molecular weight is 400 g/mol. The summed E-state index contributed by atoms with van der Waals surface area (Å²) in [6.45, 7) is 10.3. The lowest BCUT2D eigenvalue weighted by molar-refractivity contribution is -0.143. The van der Waals surface area contributed by atoms with E-state index in [0.29, 0.717) is 31.8 Å². The Balaban J connectivity index is 1.92. The van der Waals surface area contributed by atoms with E-state index >= 15 is 0 Å².